The standard InChI is InChI=1S/C12H26O2P/c1-4-6-8-9-11-14-15(13)12(3)10-7-5-2/h12H,4-11H2,1-3H3/q+1. The van der Waals surface area contributed by atoms with Gasteiger partial charge in [-0.05, 0) is 30.8 Å². The maximum absolute atomic E-state index is 11.6. The van der Waals surface area contributed by atoms with Gasteiger partial charge in [0.1, 0.15) is 6.61 Å². The molecule has 0 aromatic rings. The third kappa shape index (κ3) is 9.02. The van der Waals surface area contributed by atoms with Crippen LogP contribution < -0.4 is 0 Å². The molecule has 0 aliphatic rings. The maximum atomic E-state index is 11.6. The van der Waals surface area contributed by atoms with Crippen molar-refractivity contribution >= 4 is 8.03 Å². The van der Waals surface area contributed by atoms with E-state index in [4.69, 9.17) is 4.52 Å². The van der Waals surface area contributed by atoms with Crippen molar-refractivity contribution in [3.63, 3.8) is 0 Å². The average Bonchev–Trinajstić information content (AvgIpc) is 2.25. The fraction of sp³-hybridized carbons (Fsp3) is 1.00. The summed E-state index contributed by atoms with van der Waals surface area (Å²) in [5.74, 6) is 0. The van der Waals surface area contributed by atoms with Crippen molar-refractivity contribution in [2.75, 3.05) is 6.61 Å². The zero-order chi connectivity index (χ0) is 11.5. The van der Waals surface area contributed by atoms with Crippen molar-refractivity contribution in [1.82, 2.24) is 0 Å². The van der Waals surface area contributed by atoms with Crippen molar-refractivity contribution < 1.29 is 9.09 Å². The maximum Gasteiger partial charge on any atom is 0.510 e. The van der Waals surface area contributed by atoms with Crippen molar-refractivity contribution in [3.05, 3.63) is 0 Å². The first-order valence-electron chi connectivity index (χ1n) is 6.31. The second-order valence-electron chi connectivity index (χ2n) is 4.17. The van der Waals surface area contributed by atoms with E-state index >= 15 is 0 Å². The van der Waals surface area contributed by atoms with Crippen LogP contribution in [0.3, 0.4) is 0 Å². The van der Waals surface area contributed by atoms with Crippen LogP contribution in [0, 0.1) is 0 Å². The molecule has 0 fully saturated rings. The molecule has 0 saturated carbocycles. The van der Waals surface area contributed by atoms with Gasteiger partial charge in [0.2, 0.25) is 0 Å². The minimum atomic E-state index is -1.42. The first-order valence-corrected chi connectivity index (χ1v) is 7.56. The van der Waals surface area contributed by atoms with Crippen LogP contribution >= 0.6 is 8.03 Å². The minimum Gasteiger partial charge on any atom is -0.146 e. The summed E-state index contributed by atoms with van der Waals surface area (Å²) in [5.41, 5.74) is 0.228. The van der Waals surface area contributed by atoms with Crippen LogP contribution in [0.1, 0.15) is 65.7 Å². The molecule has 0 bridgehead atoms. The number of hydrogen-bond donors (Lipinski definition) is 0. The fourth-order valence-corrected chi connectivity index (χ4v) is 2.37. The normalized spacial score (nSPS) is 13.9. The molecular formula is C12H26O2P+. The zero-order valence-corrected chi connectivity index (χ0v) is 11.4. The Morgan fingerprint density at radius 2 is 1.73 bits per heavy atom. The van der Waals surface area contributed by atoms with Crippen molar-refractivity contribution in [2.24, 2.45) is 0 Å². The SMILES string of the molecule is CCCCCCO[P+](=O)C(C)CCCC. The van der Waals surface area contributed by atoms with Gasteiger partial charge in [0.05, 0.1) is 0 Å². The summed E-state index contributed by atoms with van der Waals surface area (Å²) in [5, 5.41) is 0. The van der Waals surface area contributed by atoms with Crippen molar-refractivity contribution in [3.8, 4) is 0 Å². The lowest BCUT2D eigenvalue weighted by atomic mass is 10.2. The smallest absolute Gasteiger partial charge is 0.146 e. The molecule has 0 amide bonds. The third-order valence-corrected chi connectivity index (χ3v) is 3.97. The largest absolute Gasteiger partial charge is 0.510 e. The van der Waals surface area contributed by atoms with Crippen LogP contribution in [0.5, 0.6) is 0 Å². The Bertz CT molecular complexity index is 160. The molecule has 0 rings (SSSR count). The molecule has 90 valence electrons. The summed E-state index contributed by atoms with van der Waals surface area (Å²) in [6.07, 6.45) is 8.09. The van der Waals surface area contributed by atoms with Gasteiger partial charge in [0, 0.05) is 0 Å². The number of rotatable bonds is 10. The van der Waals surface area contributed by atoms with Gasteiger partial charge in [-0.1, -0.05) is 39.5 Å². The average molecular weight is 233 g/mol. The Balaban J connectivity index is 3.38. The minimum absolute atomic E-state index is 0.228. The third-order valence-electron chi connectivity index (χ3n) is 2.55. The van der Waals surface area contributed by atoms with Crippen LogP contribution in [0.15, 0.2) is 0 Å². The van der Waals surface area contributed by atoms with E-state index in [-0.39, 0.29) is 5.66 Å². The Morgan fingerprint density at radius 1 is 1.07 bits per heavy atom. The molecule has 3 heteroatoms. The molecule has 0 spiro atoms. The second kappa shape index (κ2) is 10.6. The Labute approximate surface area is 95.7 Å². The molecule has 0 N–H and O–H groups in total. The quantitative estimate of drug-likeness (QED) is 0.396. The summed E-state index contributed by atoms with van der Waals surface area (Å²) >= 11 is 0. The number of hydrogen-bond acceptors (Lipinski definition) is 2. The summed E-state index contributed by atoms with van der Waals surface area (Å²) in [7, 11) is -1.42. The molecule has 2 nitrogen and oxygen atoms in total. The highest BCUT2D eigenvalue weighted by atomic mass is 31.1. The van der Waals surface area contributed by atoms with Crippen LogP contribution in [-0.2, 0) is 9.09 Å². The fourth-order valence-electron chi connectivity index (χ4n) is 1.42. The summed E-state index contributed by atoms with van der Waals surface area (Å²) < 4.78 is 17.0. The van der Waals surface area contributed by atoms with Gasteiger partial charge < -0.3 is 0 Å². The molecule has 0 aliphatic carbocycles. The van der Waals surface area contributed by atoms with E-state index in [1.165, 1.54) is 25.7 Å². The monoisotopic (exact) mass is 233 g/mol. The van der Waals surface area contributed by atoms with Crippen LogP contribution in [-0.4, -0.2) is 12.3 Å². The van der Waals surface area contributed by atoms with Gasteiger partial charge >= 0.3 is 8.03 Å². The summed E-state index contributed by atoms with van der Waals surface area (Å²) in [6.45, 7) is 7.05. The lowest BCUT2D eigenvalue weighted by Gasteiger charge is -1.99. The van der Waals surface area contributed by atoms with E-state index in [2.05, 4.69) is 13.8 Å². The molecule has 0 aliphatic heterocycles. The second-order valence-corrected chi connectivity index (χ2v) is 5.88. The van der Waals surface area contributed by atoms with Gasteiger partial charge in [0.25, 0.3) is 0 Å². The molecule has 15 heavy (non-hydrogen) atoms. The molecule has 2 unspecified atom stereocenters. The lowest BCUT2D eigenvalue weighted by Crippen LogP contribution is -1.98. The van der Waals surface area contributed by atoms with E-state index in [1.807, 2.05) is 6.92 Å². The summed E-state index contributed by atoms with van der Waals surface area (Å²) in [4.78, 5) is 0. The van der Waals surface area contributed by atoms with E-state index in [1.54, 1.807) is 0 Å². The van der Waals surface area contributed by atoms with Gasteiger partial charge in [-0.15, -0.1) is 4.52 Å². The van der Waals surface area contributed by atoms with Crippen molar-refractivity contribution in [1.29, 1.82) is 0 Å². The van der Waals surface area contributed by atoms with Gasteiger partial charge in [-0.3, -0.25) is 0 Å². The summed E-state index contributed by atoms with van der Waals surface area (Å²) in [6, 6.07) is 0. The molecule has 0 aromatic heterocycles. The van der Waals surface area contributed by atoms with E-state index in [0.717, 1.165) is 19.3 Å². The van der Waals surface area contributed by atoms with Crippen LogP contribution in [0.2, 0.25) is 0 Å². The van der Waals surface area contributed by atoms with Gasteiger partial charge in [-0.25, -0.2) is 0 Å². The molecule has 0 aromatic carbocycles. The number of unbranched alkanes of at least 4 members (excludes halogenated alkanes) is 4. The van der Waals surface area contributed by atoms with Crippen molar-refractivity contribution in [2.45, 2.75) is 71.4 Å². The first kappa shape index (κ1) is 15.1. The van der Waals surface area contributed by atoms with Crippen LogP contribution in [0.25, 0.3) is 0 Å². The Kier molecular flexibility index (Phi) is 10.6. The molecule has 0 heterocycles. The molecule has 0 saturated heterocycles. The molecule has 2 atom stereocenters. The van der Waals surface area contributed by atoms with Gasteiger partial charge in [-0.2, -0.15) is 0 Å². The Hall–Kier alpha value is 0.0600. The zero-order valence-electron chi connectivity index (χ0n) is 10.5. The predicted octanol–water partition coefficient (Wildman–Crippen LogP) is 4.90. The highest BCUT2D eigenvalue weighted by Gasteiger charge is 2.26. The lowest BCUT2D eigenvalue weighted by molar-refractivity contribution is 0.310. The van der Waals surface area contributed by atoms with E-state index in [9.17, 15) is 4.57 Å². The molecule has 0 radical (unpaired) electrons. The highest BCUT2D eigenvalue weighted by molar-refractivity contribution is 7.40. The van der Waals surface area contributed by atoms with Gasteiger partial charge in [0.15, 0.2) is 5.66 Å². The Morgan fingerprint density at radius 3 is 2.33 bits per heavy atom. The first-order chi connectivity index (χ1) is 7.22. The van der Waals surface area contributed by atoms with E-state index < -0.39 is 8.03 Å². The topological polar surface area (TPSA) is 26.3 Å². The van der Waals surface area contributed by atoms with E-state index in [0.29, 0.717) is 6.61 Å². The molecular weight excluding hydrogens is 207 g/mol. The van der Waals surface area contributed by atoms with Crippen LogP contribution in [0.4, 0.5) is 0 Å². The predicted molar refractivity (Wildman–Crippen MR) is 66.7 cm³/mol. The highest BCUT2D eigenvalue weighted by Crippen LogP contribution is 2.32.